The van der Waals surface area contributed by atoms with Crippen molar-refractivity contribution >= 4 is 18.0 Å². The van der Waals surface area contributed by atoms with E-state index >= 15 is 0 Å². The Bertz CT molecular complexity index is 642. The molecule has 3 rings (SSSR count). The lowest BCUT2D eigenvalue weighted by molar-refractivity contribution is -0.141. The first-order chi connectivity index (χ1) is 13.2. The zero-order valence-electron chi connectivity index (χ0n) is 18.0. The van der Waals surface area contributed by atoms with E-state index in [1.807, 2.05) is 35.5 Å². The lowest BCUT2D eigenvalue weighted by Gasteiger charge is -2.46. The largest absolute Gasteiger partial charge is 0.342 e. The highest BCUT2D eigenvalue weighted by atomic mass is 16.2. The van der Waals surface area contributed by atoms with Gasteiger partial charge in [-0.05, 0) is 40.0 Å². The molecule has 3 aliphatic heterocycles. The fraction of sp³-hybridized carbons (Fsp3) is 0.850. The molecule has 3 aliphatic rings. The molecule has 0 saturated carbocycles. The molecule has 0 aromatic heterocycles. The van der Waals surface area contributed by atoms with Crippen LogP contribution >= 0.6 is 0 Å². The monoisotopic (exact) mass is 393 g/mol. The van der Waals surface area contributed by atoms with Gasteiger partial charge in [0.15, 0.2) is 0 Å². The van der Waals surface area contributed by atoms with Crippen molar-refractivity contribution in [2.24, 2.45) is 10.8 Å². The summed E-state index contributed by atoms with van der Waals surface area (Å²) in [5.74, 6) is 0.198. The minimum absolute atomic E-state index is 0.0287. The van der Waals surface area contributed by atoms with Crippen LogP contribution in [0.3, 0.4) is 0 Å². The van der Waals surface area contributed by atoms with Crippen LogP contribution in [0.4, 0.5) is 9.59 Å². The second kappa shape index (κ2) is 7.44. The minimum Gasteiger partial charge on any atom is -0.342 e. The van der Waals surface area contributed by atoms with Crippen molar-refractivity contribution in [1.29, 1.82) is 0 Å². The number of piperidine rings is 1. The number of nitrogens with one attached hydrogen (secondary N) is 1. The van der Waals surface area contributed by atoms with Gasteiger partial charge < -0.3 is 24.9 Å². The van der Waals surface area contributed by atoms with Crippen LogP contribution in [0.25, 0.3) is 0 Å². The average molecular weight is 394 g/mol. The molecule has 1 atom stereocenters. The Morgan fingerprint density at radius 3 is 2.21 bits per heavy atom. The number of hydrogen-bond donors (Lipinski definition) is 1. The summed E-state index contributed by atoms with van der Waals surface area (Å²) < 4.78 is 0. The highest BCUT2D eigenvalue weighted by Gasteiger charge is 2.66. The fourth-order valence-electron chi connectivity index (χ4n) is 5.37. The molecule has 0 radical (unpaired) electrons. The van der Waals surface area contributed by atoms with Crippen LogP contribution in [-0.2, 0) is 4.79 Å². The van der Waals surface area contributed by atoms with E-state index in [2.05, 4.69) is 5.32 Å². The van der Waals surface area contributed by atoms with Gasteiger partial charge in [0.1, 0.15) is 0 Å². The Hall–Kier alpha value is -1.99. The van der Waals surface area contributed by atoms with Crippen LogP contribution < -0.4 is 5.32 Å². The molecular formula is C20H35N5O3. The summed E-state index contributed by atoms with van der Waals surface area (Å²) in [6.45, 7) is 9.75. The molecule has 28 heavy (non-hydrogen) atoms. The van der Waals surface area contributed by atoms with Crippen molar-refractivity contribution in [1.82, 2.24) is 24.9 Å². The van der Waals surface area contributed by atoms with Gasteiger partial charge in [-0.3, -0.25) is 4.79 Å². The number of carbonyl (C=O) groups excluding carboxylic acids is 3. The summed E-state index contributed by atoms with van der Waals surface area (Å²) in [4.78, 5) is 45.8. The predicted molar refractivity (Wildman–Crippen MR) is 107 cm³/mol. The van der Waals surface area contributed by atoms with Gasteiger partial charge in [-0.2, -0.15) is 0 Å². The quantitative estimate of drug-likeness (QED) is 0.771. The van der Waals surface area contributed by atoms with Gasteiger partial charge in [0.25, 0.3) is 0 Å². The second-order valence-electron chi connectivity index (χ2n) is 9.12. The smallest absolute Gasteiger partial charge is 0.319 e. The van der Waals surface area contributed by atoms with Crippen molar-refractivity contribution in [2.75, 3.05) is 53.4 Å². The maximum atomic E-state index is 13.4. The zero-order chi connectivity index (χ0) is 20.7. The molecule has 158 valence electrons. The molecule has 3 fully saturated rings. The van der Waals surface area contributed by atoms with Crippen molar-refractivity contribution in [2.45, 2.75) is 46.1 Å². The first kappa shape index (κ1) is 20.7. The molecule has 1 N–H and O–H groups in total. The lowest BCUT2D eigenvalue weighted by atomic mass is 9.60. The summed E-state index contributed by atoms with van der Waals surface area (Å²) in [5.41, 5.74) is -0.746. The number of likely N-dealkylation sites (tertiary alicyclic amines) is 3. The van der Waals surface area contributed by atoms with E-state index in [-0.39, 0.29) is 29.4 Å². The Morgan fingerprint density at radius 1 is 1.07 bits per heavy atom. The average Bonchev–Trinajstić information content (AvgIpc) is 3.13. The first-order valence-electron chi connectivity index (χ1n) is 10.5. The standard InChI is InChI=1S/C20H35N5O3/c1-6-23-12-9-20(16(23)26)14-25(18(28)22(4)5)13-19(20)7-10-24(11-8-19)17(27)21-15(2)3/h15H,6-14H2,1-5H3,(H,21,27). The Balaban J connectivity index is 1.84. The van der Waals surface area contributed by atoms with Gasteiger partial charge in [0, 0.05) is 64.8 Å². The molecule has 0 bridgehead atoms. The zero-order valence-corrected chi connectivity index (χ0v) is 18.0. The molecule has 0 aromatic rings. The number of hydrogen-bond acceptors (Lipinski definition) is 3. The number of urea groups is 2. The van der Waals surface area contributed by atoms with E-state index in [9.17, 15) is 14.4 Å². The van der Waals surface area contributed by atoms with Crippen molar-refractivity contribution < 1.29 is 14.4 Å². The molecule has 3 heterocycles. The minimum atomic E-state index is -0.505. The van der Waals surface area contributed by atoms with Crippen molar-refractivity contribution in [3.05, 3.63) is 0 Å². The molecule has 8 heteroatoms. The van der Waals surface area contributed by atoms with Crippen LogP contribution in [0.15, 0.2) is 0 Å². The number of carbonyl (C=O) groups is 3. The van der Waals surface area contributed by atoms with Gasteiger partial charge >= 0.3 is 12.1 Å². The highest BCUT2D eigenvalue weighted by molar-refractivity contribution is 5.88. The van der Waals surface area contributed by atoms with Crippen LogP contribution in [0, 0.1) is 10.8 Å². The lowest BCUT2D eigenvalue weighted by Crippen LogP contribution is -2.55. The third-order valence-corrected chi connectivity index (χ3v) is 6.93. The Morgan fingerprint density at radius 2 is 1.71 bits per heavy atom. The molecule has 8 nitrogen and oxygen atoms in total. The van der Waals surface area contributed by atoms with Crippen molar-refractivity contribution in [3.63, 3.8) is 0 Å². The first-order valence-corrected chi connectivity index (χ1v) is 10.5. The van der Waals surface area contributed by atoms with Gasteiger partial charge in [0.05, 0.1) is 5.41 Å². The molecule has 3 saturated heterocycles. The van der Waals surface area contributed by atoms with Gasteiger partial charge in [-0.25, -0.2) is 9.59 Å². The molecular weight excluding hydrogens is 358 g/mol. The third kappa shape index (κ3) is 3.20. The summed E-state index contributed by atoms with van der Waals surface area (Å²) in [6, 6.07) is 0.0361. The number of fused-ring (bicyclic) bond motifs is 1. The van der Waals surface area contributed by atoms with Gasteiger partial charge in [-0.1, -0.05) is 0 Å². The van der Waals surface area contributed by atoms with E-state index in [4.69, 9.17) is 0 Å². The Kier molecular flexibility index (Phi) is 5.51. The predicted octanol–water partition coefficient (Wildman–Crippen LogP) is 1.42. The maximum Gasteiger partial charge on any atom is 0.319 e. The molecule has 0 aromatic carbocycles. The summed E-state index contributed by atoms with van der Waals surface area (Å²) in [7, 11) is 3.52. The van der Waals surface area contributed by atoms with Crippen LogP contribution in [0.2, 0.25) is 0 Å². The second-order valence-corrected chi connectivity index (χ2v) is 9.12. The van der Waals surface area contributed by atoms with E-state index in [0.717, 1.165) is 25.8 Å². The van der Waals surface area contributed by atoms with E-state index < -0.39 is 5.41 Å². The van der Waals surface area contributed by atoms with Gasteiger partial charge in [-0.15, -0.1) is 0 Å². The van der Waals surface area contributed by atoms with E-state index in [1.165, 1.54) is 0 Å². The molecule has 0 aliphatic carbocycles. The summed E-state index contributed by atoms with van der Waals surface area (Å²) in [5, 5.41) is 2.96. The number of amides is 5. The normalized spacial score (nSPS) is 26.6. The van der Waals surface area contributed by atoms with E-state index in [0.29, 0.717) is 32.7 Å². The van der Waals surface area contributed by atoms with Crippen LogP contribution in [-0.4, -0.2) is 97.0 Å². The topological polar surface area (TPSA) is 76.2 Å². The number of nitrogens with zero attached hydrogens (tertiary/aromatic N) is 4. The molecule has 1 unspecified atom stereocenters. The van der Waals surface area contributed by atoms with Crippen LogP contribution in [0.1, 0.15) is 40.0 Å². The fourth-order valence-corrected chi connectivity index (χ4v) is 5.37. The van der Waals surface area contributed by atoms with Crippen molar-refractivity contribution in [3.8, 4) is 0 Å². The SMILES string of the molecule is CCN1CCC2(CN(C(=O)N(C)C)CC23CCN(C(=O)NC(C)C)CC3)C1=O. The van der Waals surface area contributed by atoms with E-state index in [1.54, 1.807) is 19.0 Å². The molecule has 5 amide bonds. The summed E-state index contributed by atoms with van der Waals surface area (Å²) >= 11 is 0. The van der Waals surface area contributed by atoms with Crippen LogP contribution in [0.5, 0.6) is 0 Å². The Labute approximate surface area is 168 Å². The number of rotatable bonds is 2. The summed E-state index contributed by atoms with van der Waals surface area (Å²) in [6.07, 6.45) is 2.33. The van der Waals surface area contributed by atoms with Gasteiger partial charge in [0.2, 0.25) is 5.91 Å². The third-order valence-electron chi connectivity index (χ3n) is 6.93. The molecule has 2 spiro atoms. The highest BCUT2D eigenvalue weighted by Crippen LogP contribution is 2.57. The maximum absolute atomic E-state index is 13.4.